The van der Waals surface area contributed by atoms with Crippen molar-refractivity contribution in [2.24, 2.45) is 0 Å². The molecular formula is C18H16FN5O. The molecule has 25 heavy (non-hydrogen) atoms. The third-order valence-corrected chi connectivity index (χ3v) is 4.28. The number of nitrogens with zero attached hydrogens (tertiary/aromatic N) is 4. The molecule has 126 valence electrons. The van der Waals surface area contributed by atoms with Crippen LogP contribution < -0.4 is 5.56 Å². The number of halogens is 1. The summed E-state index contributed by atoms with van der Waals surface area (Å²) in [7, 11) is 0. The van der Waals surface area contributed by atoms with E-state index in [1.54, 1.807) is 18.5 Å². The molecule has 7 heteroatoms. The minimum Gasteiger partial charge on any atom is -0.306 e. The Morgan fingerprint density at radius 3 is 2.92 bits per heavy atom. The maximum absolute atomic E-state index is 12.9. The van der Waals surface area contributed by atoms with Crippen LogP contribution in [0.1, 0.15) is 16.8 Å². The molecule has 0 atom stereocenters. The molecule has 1 aliphatic rings. The highest BCUT2D eigenvalue weighted by Crippen LogP contribution is 2.19. The number of H-pyrrole nitrogens is 1. The van der Waals surface area contributed by atoms with Gasteiger partial charge in [0.05, 0.1) is 11.3 Å². The second-order valence-corrected chi connectivity index (χ2v) is 6.03. The van der Waals surface area contributed by atoms with Crippen LogP contribution in [0.4, 0.5) is 4.39 Å². The highest BCUT2D eigenvalue weighted by molar-refractivity contribution is 5.53. The van der Waals surface area contributed by atoms with Gasteiger partial charge in [0.1, 0.15) is 5.82 Å². The highest BCUT2D eigenvalue weighted by atomic mass is 19.1. The SMILES string of the molecule is O=c1[nH]c(-c2cccnc2)nc2c1CN(Cc1ccc(F)nc1)CC2. The van der Waals surface area contributed by atoms with E-state index >= 15 is 0 Å². The summed E-state index contributed by atoms with van der Waals surface area (Å²) < 4.78 is 12.9. The van der Waals surface area contributed by atoms with Crippen LogP contribution in [0, 0.1) is 5.95 Å². The van der Waals surface area contributed by atoms with Crippen LogP contribution in [0.3, 0.4) is 0 Å². The molecule has 0 amide bonds. The van der Waals surface area contributed by atoms with E-state index in [-0.39, 0.29) is 5.56 Å². The van der Waals surface area contributed by atoms with Gasteiger partial charge >= 0.3 is 0 Å². The Hall–Kier alpha value is -2.93. The van der Waals surface area contributed by atoms with Crippen LogP contribution in [0.15, 0.2) is 47.7 Å². The van der Waals surface area contributed by atoms with E-state index < -0.39 is 5.95 Å². The summed E-state index contributed by atoms with van der Waals surface area (Å²) in [5.74, 6) is 0.0596. The number of fused-ring (bicyclic) bond motifs is 1. The van der Waals surface area contributed by atoms with E-state index in [0.717, 1.165) is 23.4 Å². The molecule has 0 bridgehead atoms. The molecule has 0 aromatic carbocycles. The molecule has 0 unspecified atom stereocenters. The summed E-state index contributed by atoms with van der Waals surface area (Å²) in [5.41, 5.74) is 3.11. The second kappa shape index (κ2) is 6.52. The fourth-order valence-electron chi connectivity index (χ4n) is 3.01. The Labute approximate surface area is 143 Å². The van der Waals surface area contributed by atoms with Gasteiger partial charge in [-0.05, 0) is 23.8 Å². The molecule has 6 nitrogen and oxygen atoms in total. The summed E-state index contributed by atoms with van der Waals surface area (Å²) in [5, 5.41) is 0. The Morgan fingerprint density at radius 2 is 2.16 bits per heavy atom. The normalized spacial score (nSPS) is 14.3. The summed E-state index contributed by atoms with van der Waals surface area (Å²) in [6.45, 7) is 1.92. The first-order chi connectivity index (χ1) is 12.2. The number of rotatable bonds is 3. The largest absolute Gasteiger partial charge is 0.306 e. The number of aromatic amines is 1. The highest BCUT2D eigenvalue weighted by Gasteiger charge is 2.21. The van der Waals surface area contributed by atoms with E-state index in [4.69, 9.17) is 0 Å². The molecule has 3 aromatic heterocycles. The predicted octanol–water partition coefficient (Wildman–Crippen LogP) is 1.92. The molecule has 4 heterocycles. The van der Waals surface area contributed by atoms with Crippen molar-refractivity contribution in [3.8, 4) is 11.4 Å². The van der Waals surface area contributed by atoms with Gasteiger partial charge in [0.15, 0.2) is 0 Å². The number of hydrogen-bond acceptors (Lipinski definition) is 5. The van der Waals surface area contributed by atoms with Gasteiger partial charge in [-0.2, -0.15) is 4.39 Å². The zero-order valence-corrected chi connectivity index (χ0v) is 13.4. The Morgan fingerprint density at radius 1 is 1.24 bits per heavy atom. The zero-order chi connectivity index (χ0) is 17.2. The summed E-state index contributed by atoms with van der Waals surface area (Å²) in [4.78, 5) is 29.8. The summed E-state index contributed by atoms with van der Waals surface area (Å²) in [6, 6.07) is 6.75. The van der Waals surface area contributed by atoms with Crippen molar-refractivity contribution in [3.63, 3.8) is 0 Å². The van der Waals surface area contributed by atoms with Crippen molar-refractivity contribution in [1.29, 1.82) is 0 Å². The topological polar surface area (TPSA) is 74.8 Å². The average molecular weight is 337 g/mol. The van der Waals surface area contributed by atoms with Crippen LogP contribution in [-0.4, -0.2) is 31.4 Å². The number of hydrogen-bond donors (Lipinski definition) is 1. The molecule has 0 radical (unpaired) electrons. The molecule has 1 aliphatic heterocycles. The molecule has 0 saturated heterocycles. The Kier molecular flexibility index (Phi) is 4.07. The van der Waals surface area contributed by atoms with Crippen molar-refractivity contribution in [2.75, 3.05) is 6.54 Å². The molecule has 4 rings (SSSR count). The molecular weight excluding hydrogens is 321 g/mol. The van der Waals surface area contributed by atoms with Crippen LogP contribution in [0.5, 0.6) is 0 Å². The third kappa shape index (κ3) is 3.32. The van der Waals surface area contributed by atoms with Crippen molar-refractivity contribution in [2.45, 2.75) is 19.5 Å². The van der Waals surface area contributed by atoms with Gasteiger partial charge in [-0.1, -0.05) is 6.07 Å². The van der Waals surface area contributed by atoms with Crippen LogP contribution in [0.25, 0.3) is 11.4 Å². The van der Waals surface area contributed by atoms with Gasteiger partial charge in [-0.15, -0.1) is 0 Å². The van der Waals surface area contributed by atoms with Crippen LogP contribution >= 0.6 is 0 Å². The maximum atomic E-state index is 12.9. The minimum atomic E-state index is -0.490. The van der Waals surface area contributed by atoms with E-state index in [1.807, 2.05) is 12.1 Å². The Bertz CT molecular complexity index is 940. The van der Waals surface area contributed by atoms with Gasteiger partial charge in [0, 0.05) is 50.2 Å². The minimum absolute atomic E-state index is 0.120. The molecule has 0 fully saturated rings. The van der Waals surface area contributed by atoms with Crippen molar-refractivity contribution < 1.29 is 4.39 Å². The lowest BCUT2D eigenvalue weighted by Gasteiger charge is -2.27. The molecule has 0 spiro atoms. The smallest absolute Gasteiger partial charge is 0.255 e. The van der Waals surface area contributed by atoms with Crippen molar-refractivity contribution in [3.05, 3.63) is 76.0 Å². The van der Waals surface area contributed by atoms with E-state index in [1.165, 1.54) is 12.3 Å². The zero-order valence-electron chi connectivity index (χ0n) is 13.4. The third-order valence-electron chi connectivity index (χ3n) is 4.28. The fraction of sp³-hybridized carbons (Fsp3) is 0.222. The molecule has 0 aliphatic carbocycles. The first kappa shape index (κ1) is 15.6. The second-order valence-electron chi connectivity index (χ2n) is 6.03. The van der Waals surface area contributed by atoms with Gasteiger partial charge in [-0.3, -0.25) is 14.7 Å². The first-order valence-electron chi connectivity index (χ1n) is 8.04. The standard InChI is InChI=1S/C18H16FN5O/c19-16-4-3-12(8-21-16)10-24-7-5-15-14(11-24)18(25)23-17(22-15)13-2-1-6-20-9-13/h1-4,6,8-9H,5,7,10-11H2,(H,22,23,25). The number of nitrogens with one attached hydrogen (secondary N) is 1. The van der Waals surface area contributed by atoms with Gasteiger partial charge in [-0.25, -0.2) is 9.97 Å². The van der Waals surface area contributed by atoms with Gasteiger partial charge in [0.25, 0.3) is 5.56 Å². The van der Waals surface area contributed by atoms with Gasteiger partial charge < -0.3 is 4.98 Å². The lowest BCUT2D eigenvalue weighted by Crippen LogP contribution is -2.35. The first-order valence-corrected chi connectivity index (χ1v) is 8.04. The lowest BCUT2D eigenvalue weighted by atomic mass is 10.1. The van der Waals surface area contributed by atoms with E-state index in [2.05, 4.69) is 24.8 Å². The fourth-order valence-corrected chi connectivity index (χ4v) is 3.01. The quantitative estimate of drug-likeness (QED) is 0.739. The van der Waals surface area contributed by atoms with E-state index in [0.29, 0.717) is 30.9 Å². The number of aromatic nitrogens is 4. The van der Waals surface area contributed by atoms with Crippen LogP contribution in [-0.2, 0) is 19.5 Å². The predicted molar refractivity (Wildman–Crippen MR) is 90.1 cm³/mol. The summed E-state index contributed by atoms with van der Waals surface area (Å²) in [6.07, 6.45) is 5.59. The number of pyridine rings is 2. The van der Waals surface area contributed by atoms with Crippen LogP contribution in [0.2, 0.25) is 0 Å². The van der Waals surface area contributed by atoms with Crippen molar-refractivity contribution >= 4 is 0 Å². The Balaban J connectivity index is 1.57. The monoisotopic (exact) mass is 337 g/mol. The summed E-state index contributed by atoms with van der Waals surface area (Å²) >= 11 is 0. The van der Waals surface area contributed by atoms with E-state index in [9.17, 15) is 9.18 Å². The van der Waals surface area contributed by atoms with Gasteiger partial charge in [0.2, 0.25) is 5.95 Å². The lowest BCUT2D eigenvalue weighted by molar-refractivity contribution is 0.241. The maximum Gasteiger partial charge on any atom is 0.255 e. The molecule has 0 saturated carbocycles. The van der Waals surface area contributed by atoms with Crippen molar-refractivity contribution in [1.82, 2.24) is 24.8 Å². The average Bonchev–Trinajstić information content (AvgIpc) is 2.65. The molecule has 3 aromatic rings. The molecule has 1 N–H and O–H groups in total.